The van der Waals surface area contributed by atoms with Crippen LogP contribution in [0.25, 0.3) is 0 Å². The van der Waals surface area contributed by atoms with Crippen molar-refractivity contribution in [2.45, 2.75) is 25.8 Å². The van der Waals surface area contributed by atoms with Gasteiger partial charge in [0.1, 0.15) is 6.04 Å². The highest BCUT2D eigenvalue weighted by atomic mass is 32.2. The zero-order valence-electron chi connectivity index (χ0n) is 8.47. The fourth-order valence-corrected chi connectivity index (χ4v) is 2.60. The maximum atomic E-state index is 11.4. The van der Waals surface area contributed by atoms with Crippen molar-refractivity contribution in [1.82, 2.24) is 9.14 Å². The molecule has 1 unspecified atom stereocenters. The van der Waals surface area contributed by atoms with Crippen LogP contribution in [0.5, 0.6) is 0 Å². The van der Waals surface area contributed by atoms with E-state index < -0.39 is 22.2 Å². The second kappa shape index (κ2) is 4.88. The molecule has 0 amide bonds. The predicted octanol–water partition coefficient (Wildman–Crippen LogP) is -1.28. The Hall–Kier alpha value is -0.700. The van der Waals surface area contributed by atoms with Crippen LogP contribution in [0, 0.1) is 0 Å². The van der Waals surface area contributed by atoms with Crippen molar-refractivity contribution in [3.8, 4) is 0 Å². The summed E-state index contributed by atoms with van der Waals surface area (Å²) in [6.45, 7) is 2.20. The molecule has 0 radical (unpaired) electrons. The van der Waals surface area contributed by atoms with Crippen LogP contribution < -0.4 is 10.7 Å². The van der Waals surface area contributed by atoms with Gasteiger partial charge in [0, 0.05) is 6.54 Å². The maximum absolute atomic E-state index is 11.4. The third kappa shape index (κ3) is 2.65. The van der Waals surface area contributed by atoms with Crippen molar-refractivity contribution in [3.63, 3.8) is 0 Å². The fraction of sp³-hybridized carbons (Fsp3) is 0.857. The lowest BCUT2D eigenvalue weighted by Crippen LogP contribution is -2.49. The number of nitrogens with one attached hydrogen (secondary N) is 1. The number of esters is 1. The molecule has 0 aromatic rings. The first-order valence-electron chi connectivity index (χ1n) is 4.68. The highest BCUT2D eigenvalue weighted by molar-refractivity contribution is 7.87. The topological polar surface area (TPSA) is 102 Å². The average molecular weight is 237 g/mol. The normalized spacial score (nSPS) is 22.9. The molecule has 0 aliphatic carbocycles. The zero-order valence-corrected chi connectivity index (χ0v) is 9.29. The highest BCUT2D eigenvalue weighted by Crippen LogP contribution is 2.20. The van der Waals surface area contributed by atoms with E-state index in [2.05, 4.69) is 0 Å². The van der Waals surface area contributed by atoms with Gasteiger partial charge in [-0.05, 0) is 19.8 Å². The van der Waals surface area contributed by atoms with Crippen LogP contribution in [-0.4, -0.2) is 37.9 Å². The van der Waals surface area contributed by atoms with Gasteiger partial charge in [-0.25, -0.2) is 0 Å². The lowest BCUT2D eigenvalue weighted by Gasteiger charge is -2.21. The van der Waals surface area contributed by atoms with Gasteiger partial charge in [-0.3, -0.25) is 10.6 Å². The smallest absolute Gasteiger partial charge is 0.324 e. The summed E-state index contributed by atoms with van der Waals surface area (Å²) in [5.41, 5.74) is 0. The molecule has 0 aromatic carbocycles. The number of nitrogens with two attached hydrogens (primary N) is 1. The van der Waals surface area contributed by atoms with Gasteiger partial charge in [-0.15, -0.1) is 4.83 Å². The number of hydrazine groups is 1. The van der Waals surface area contributed by atoms with Gasteiger partial charge in [0.25, 0.3) is 10.2 Å². The zero-order chi connectivity index (χ0) is 11.5. The number of nitrogens with zero attached hydrogens (tertiary/aromatic N) is 1. The van der Waals surface area contributed by atoms with Crippen LogP contribution in [-0.2, 0) is 19.7 Å². The first-order valence-corrected chi connectivity index (χ1v) is 6.12. The number of rotatable bonds is 4. The van der Waals surface area contributed by atoms with E-state index in [0.717, 1.165) is 4.31 Å². The van der Waals surface area contributed by atoms with Crippen molar-refractivity contribution in [2.24, 2.45) is 5.84 Å². The number of hydrogen-bond donors (Lipinski definition) is 2. The fourth-order valence-electron chi connectivity index (χ4n) is 1.57. The third-order valence-corrected chi connectivity index (χ3v) is 3.57. The van der Waals surface area contributed by atoms with E-state index in [4.69, 9.17) is 10.6 Å². The molecule has 0 aromatic heterocycles. The Morgan fingerprint density at radius 1 is 1.67 bits per heavy atom. The molecule has 15 heavy (non-hydrogen) atoms. The van der Waals surface area contributed by atoms with Crippen molar-refractivity contribution < 1.29 is 17.9 Å². The molecule has 1 aliphatic heterocycles. The Kier molecular flexibility index (Phi) is 4.03. The molecule has 3 N–H and O–H groups in total. The van der Waals surface area contributed by atoms with E-state index in [0.29, 0.717) is 12.8 Å². The molecule has 0 saturated carbocycles. The van der Waals surface area contributed by atoms with E-state index >= 15 is 0 Å². The van der Waals surface area contributed by atoms with Crippen molar-refractivity contribution in [1.29, 1.82) is 0 Å². The molecule has 1 heterocycles. The SMILES string of the molecule is CCOC(=O)C1CCCN1S(=O)(=O)NN. The van der Waals surface area contributed by atoms with Gasteiger partial charge >= 0.3 is 5.97 Å². The molecular formula is C7H15N3O4S. The summed E-state index contributed by atoms with van der Waals surface area (Å²) in [7, 11) is -3.75. The third-order valence-electron chi connectivity index (χ3n) is 2.22. The van der Waals surface area contributed by atoms with Crippen LogP contribution in [0.15, 0.2) is 0 Å². The minimum atomic E-state index is -3.75. The van der Waals surface area contributed by atoms with Crippen LogP contribution in [0.1, 0.15) is 19.8 Å². The second-order valence-electron chi connectivity index (χ2n) is 3.14. The number of hydrogen-bond acceptors (Lipinski definition) is 5. The molecule has 1 atom stereocenters. The van der Waals surface area contributed by atoms with Gasteiger partial charge < -0.3 is 4.74 Å². The molecule has 1 saturated heterocycles. The first-order chi connectivity index (χ1) is 7.03. The van der Waals surface area contributed by atoms with Crippen LogP contribution in [0.3, 0.4) is 0 Å². The summed E-state index contributed by atoms with van der Waals surface area (Å²) >= 11 is 0. The number of carbonyl (C=O) groups is 1. The molecule has 1 fully saturated rings. The van der Waals surface area contributed by atoms with Crippen molar-refractivity contribution in [3.05, 3.63) is 0 Å². The Bertz CT molecular complexity index is 329. The van der Waals surface area contributed by atoms with Gasteiger partial charge in [-0.1, -0.05) is 0 Å². The quantitative estimate of drug-likeness (QED) is 0.360. The molecule has 7 nitrogen and oxygen atoms in total. The molecule has 88 valence electrons. The summed E-state index contributed by atoms with van der Waals surface area (Å²) in [6, 6.07) is -0.744. The lowest BCUT2D eigenvalue weighted by molar-refractivity contribution is -0.146. The Morgan fingerprint density at radius 3 is 2.87 bits per heavy atom. The second-order valence-corrected chi connectivity index (χ2v) is 4.80. The predicted molar refractivity (Wildman–Crippen MR) is 52.6 cm³/mol. The van der Waals surface area contributed by atoms with E-state index in [1.165, 1.54) is 0 Å². The largest absolute Gasteiger partial charge is 0.465 e. The molecule has 1 aliphatic rings. The van der Waals surface area contributed by atoms with Crippen molar-refractivity contribution in [2.75, 3.05) is 13.2 Å². The number of carbonyl (C=O) groups excluding carboxylic acids is 1. The minimum Gasteiger partial charge on any atom is -0.465 e. The summed E-state index contributed by atoms with van der Waals surface area (Å²) in [6.07, 6.45) is 1.10. The van der Waals surface area contributed by atoms with Crippen LogP contribution >= 0.6 is 0 Å². The van der Waals surface area contributed by atoms with E-state index in [-0.39, 0.29) is 13.2 Å². The first kappa shape index (κ1) is 12.4. The average Bonchev–Trinajstić information content (AvgIpc) is 2.67. The molecule has 1 rings (SSSR count). The Morgan fingerprint density at radius 2 is 2.33 bits per heavy atom. The number of ether oxygens (including phenoxy) is 1. The summed E-state index contributed by atoms with van der Waals surface area (Å²) in [5.74, 6) is 4.37. The van der Waals surface area contributed by atoms with Gasteiger partial charge in [0.2, 0.25) is 0 Å². The highest BCUT2D eigenvalue weighted by Gasteiger charge is 2.39. The molecule has 8 heteroatoms. The molecule has 0 spiro atoms. The summed E-state index contributed by atoms with van der Waals surface area (Å²) in [5, 5.41) is 0. The summed E-state index contributed by atoms with van der Waals surface area (Å²) < 4.78 is 28.6. The Labute approximate surface area is 88.7 Å². The minimum absolute atomic E-state index is 0.235. The monoisotopic (exact) mass is 237 g/mol. The maximum Gasteiger partial charge on any atom is 0.324 e. The van der Waals surface area contributed by atoms with E-state index in [1.807, 2.05) is 0 Å². The van der Waals surface area contributed by atoms with Gasteiger partial charge in [0.15, 0.2) is 0 Å². The molecular weight excluding hydrogens is 222 g/mol. The van der Waals surface area contributed by atoms with Gasteiger partial charge in [-0.2, -0.15) is 12.7 Å². The van der Waals surface area contributed by atoms with E-state index in [1.54, 1.807) is 11.8 Å². The van der Waals surface area contributed by atoms with Crippen molar-refractivity contribution >= 4 is 16.2 Å². The van der Waals surface area contributed by atoms with Crippen LogP contribution in [0.2, 0.25) is 0 Å². The van der Waals surface area contributed by atoms with Crippen LogP contribution in [0.4, 0.5) is 0 Å². The Balaban J connectivity index is 2.78. The lowest BCUT2D eigenvalue weighted by atomic mass is 10.2. The molecule has 0 bridgehead atoms. The standard InChI is InChI=1S/C7H15N3O4S/c1-2-14-7(11)6-4-3-5-10(6)15(12,13)9-8/h6,9H,2-5,8H2,1H3. The van der Waals surface area contributed by atoms with E-state index in [9.17, 15) is 13.2 Å². The summed E-state index contributed by atoms with van der Waals surface area (Å²) in [4.78, 5) is 13.1. The van der Waals surface area contributed by atoms with Gasteiger partial charge in [0.05, 0.1) is 6.61 Å².